The zero-order chi connectivity index (χ0) is 18.1. The summed E-state index contributed by atoms with van der Waals surface area (Å²) in [6, 6.07) is 9.70. The minimum atomic E-state index is -3.38. The van der Waals surface area contributed by atoms with Crippen molar-refractivity contribution in [2.45, 2.75) is 56.4 Å². The minimum Gasteiger partial charge on any atom is -0.367 e. The molecule has 0 radical (unpaired) electrons. The van der Waals surface area contributed by atoms with E-state index in [0.717, 1.165) is 35.5 Å². The Hall–Kier alpha value is -1.66. The highest BCUT2D eigenvalue weighted by molar-refractivity contribution is 7.89. The predicted molar refractivity (Wildman–Crippen MR) is 105 cm³/mol. The average Bonchev–Trinajstić information content (AvgIpc) is 3.19. The molecular weight excluding hydrogens is 346 g/mol. The molecule has 26 heavy (non-hydrogen) atoms. The number of hydrogen-bond acceptors (Lipinski definition) is 4. The lowest BCUT2D eigenvalue weighted by Crippen LogP contribution is -2.27. The second-order valence-electron chi connectivity index (χ2n) is 7.76. The van der Waals surface area contributed by atoms with Gasteiger partial charge in [-0.15, -0.1) is 0 Å². The normalized spacial score (nSPS) is 24.8. The molecule has 1 saturated carbocycles. The molecule has 2 fully saturated rings. The third-order valence-corrected chi connectivity index (χ3v) is 7.63. The maximum Gasteiger partial charge on any atom is 0.243 e. The van der Waals surface area contributed by atoms with Gasteiger partial charge in [0.1, 0.15) is 5.82 Å². The van der Waals surface area contributed by atoms with E-state index in [4.69, 9.17) is 0 Å². The van der Waals surface area contributed by atoms with E-state index in [1.807, 2.05) is 18.2 Å². The molecule has 4 rings (SSSR count). The van der Waals surface area contributed by atoms with Crippen LogP contribution in [0.25, 0.3) is 10.9 Å². The van der Waals surface area contributed by atoms with Crippen LogP contribution in [0.2, 0.25) is 0 Å². The van der Waals surface area contributed by atoms with Gasteiger partial charge in [-0.2, -0.15) is 4.31 Å². The van der Waals surface area contributed by atoms with Crippen LogP contribution in [0.5, 0.6) is 0 Å². The van der Waals surface area contributed by atoms with Crippen LogP contribution in [0.3, 0.4) is 0 Å². The molecule has 1 aliphatic heterocycles. The topological polar surface area (TPSA) is 62.3 Å². The molecular formula is C20H27N3O2S. The number of sulfonamides is 1. The number of benzene rings is 1. The van der Waals surface area contributed by atoms with Gasteiger partial charge in [0.15, 0.2) is 0 Å². The molecule has 1 aromatic heterocycles. The highest BCUT2D eigenvalue weighted by atomic mass is 32.2. The van der Waals surface area contributed by atoms with Crippen LogP contribution in [-0.2, 0) is 10.0 Å². The number of nitrogens with zero attached hydrogens (tertiary/aromatic N) is 2. The van der Waals surface area contributed by atoms with Crippen molar-refractivity contribution in [1.29, 1.82) is 0 Å². The van der Waals surface area contributed by atoms with Gasteiger partial charge in [0.25, 0.3) is 0 Å². The van der Waals surface area contributed by atoms with E-state index in [2.05, 4.69) is 17.2 Å². The van der Waals surface area contributed by atoms with Crippen LogP contribution >= 0.6 is 0 Å². The van der Waals surface area contributed by atoms with Crippen molar-refractivity contribution in [2.75, 3.05) is 18.4 Å². The van der Waals surface area contributed by atoms with Crippen LogP contribution in [-0.4, -0.2) is 36.8 Å². The number of aromatic nitrogens is 1. The Morgan fingerprint density at radius 2 is 1.77 bits per heavy atom. The molecule has 1 aliphatic carbocycles. The highest BCUT2D eigenvalue weighted by Crippen LogP contribution is 2.27. The molecule has 2 aliphatic rings. The number of pyridine rings is 1. The molecule has 0 atom stereocenters. The Kier molecular flexibility index (Phi) is 4.88. The van der Waals surface area contributed by atoms with Crippen LogP contribution in [0, 0.1) is 5.92 Å². The first-order chi connectivity index (χ1) is 12.5. The van der Waals surface area contributed by atoms with Crippen molar-refractivity contribution in [1.82, 2.24) is 9.29 Å². The van der Waals surface area contributed by atoms with Crippen molar-refractivity contribution < 1.29 is 8.42 Å². The van der Waals surface area contributed by atoms with Gasteiger partial charge in [0.05, 0.1) is 10.4 Å². The fourth-order valence-corrected chi connectivity index (χ4v) is 5.59. The Labute approximate surface area is 155 Å². The third kappa shape index (κ3) is 3.58. The van der Waals surface area contributed by atoms with Crippen LogP contribution in [0.4, 0.5) is 5.82 Å². The van der Waals surface area contributed by atoms with Gasteiger partial charge in [-0.1, -0.05) is 6.92 Å². The molecule has 0 bridgehead atoms. The molecule has 0 amide bonds. The van der Waals surface area contributed by atoms with Gasteiger partial charge >= 0.3 is 0 Å². The quantitative estimate of drug-likeness (QED) is 0.879. The van der Waals surface area contributed by atoms with Crippen molar-refractivity contribution in [3.8, 4) is 0 Å². The second-order valence-corrected chi connectivity index (χ2v) is 9.70. The van der Waals surface area contributed by atoms with Crippen molar-refractivity contribution in [3.05, 3.63) is 30.3 Å². The summed E-state index contributed by atoms with van der Waals surface area (Å²) in [7, 11) is -3.38. The van der Waals surface area contributed by atoms with E-state index in [1.54, 1.807) is 16.4 Å². The lowest BCUT2D eigenvalue weighted by molar-refractivity contribution is 0.361. The summed E-state index contributed by atoms with van der Waals surface area (Å²) >= 11 is 0. The first-order valence-electron chi connectivity index (χ1n) is 9.70. The number of anilines is 1. The van der Waals surface area contributed by atoms with Gasteiger partial charge in [-0.25, -0.2) is 13.4 Å². The van der Waals surface area contributed by atoms with Crippen LogP contribution in [0.1, 0.15) is 45.4 Å². The Balaban J connectivity index is 1.54. The lowest BCUT2D eigenvalue weighted by atomic mass is 9.87. The average molecular weight is 374 g/mol. The van der Waals surface area contributed by atoms with Gasteiger partial charge < -0.3 is 5.32 Å². The van der Waals surface area contributed by atoms with Gasteiger partial charge in [-0.3, -0.25) is 0 Å². The van der Waals surface area contributed by atoms with Crippen molar-refractivity contribution in [2.24, 2.45) is 5.92 Å². The fraction of sp³-hybridized carbons (Fsp3) is 0.550. The molecule has 1 aromatic carbocycles. The molecule has 6 heteroatoms. The Morgan fingerprint density at radius 3 is 2.50 bits per heavy atom. The summed E-state index contributed by atoms with van der Waals surface area (Å²) in [4.78, 5) is 5.06. The molecule has 140 valence electrons. The maximum atomic E-state index is 12.7. The highest BCUT2D eigenvalue weighted by Gasteiger charge is 2.27. The lowest BCUT2D eigenvalue weighted by Gasteiger charge is -2.27. The minimum absolute atomic E-state index is 0.371. The van der Waals surface area contributed by atoms with E-state index in [-0.39, 0.29) is 0 Å². The number of nitrogens with one attached hydrogen (secondary N) is 1. The SMILES string of the molecule is CC1CCC(Nc2ccc3cc(S(=O)(=O)N4CCCC4)ccc3n2)CC1. The molecule has 5 nitrogen and oxygen atoms in total. The summed E-state index contributed by atoms with van der Waals surface area (Å²) in [5, 5.41) is 4.41. The van der Waals surface area contributed by atoms with Gasteiger partial charge in [-0.05, 0) is 74.8 Å². The zero-order valence-corrected chi connectivity index (χ0v) is 16.1. The molecule has 2 heterocycles. The van der Waals surface area contributed by atoms with Gasteiger partial charge in [0, 0.05) is 24.5 Å². The summed E-state index contributed by atoms with van der Waals surface area (Å²) in [5.41, 5.74) is 0.833. The molecule has 0 unspecified atom stereocenters. The van der Waals surface area contributed by atoms with E-state index in [1.165, 1.54) is 25.7 Å². The zero-order valence-electron chi connectivity index (χ0n) is 15.3. The van der Waals surface area contributed by atoms with Crippen LogP contribution in [0.15, 0.2) is 35.2 Å². The summed E-state index contributed by atoms with van der Waals surface area (Å²) in [6.07, 6.45) is 6.81. The smallest absolute Gasteiger partial charge is 0.243 e. The van der Waals surface area contributed by atoms with Crippen molar-refractivity contribution >= 4 is 26.7 Å². The van der Waals surface area contributed by atoms with Crippen molar-refractivity contribution in [3.63, 3.8) is 0 Å². The van der Waals surface area contributed by atoms with Gasteiger partial charge in [0.2, 0.25) is 10.0 Å². The maximum absolute atomic E-state index is 12.7. The number of rotatable bonds is 4. The van der Waals surface area contributed by atoms with E-state index < -0.39 is 10.0 Å². The molecule has 1 saturated heterocycles. The fourth-order valence-electron chi connectivity index (χ4n) is 4.04. The first kappa shape index (κ1) is 17.7. The number of fused-ring (bicyclic) bond motifs is 1. The van der Waals surface area contributed by atoms with E-state index in [0.29, 0.717) is 24.0 Å². The predicted octanol–water partition coefficient (Wildman–Crippen LogP) is 4.01. The molecule has 0 spiro atoms. The first-order valence-corrected chi connectivity index (χ1v) is 11.1. The summed E-state index contributed by atoms with van der Waals surface area (Å²) < 4.78 is 27.0. The number of hydrogen-bond donors (Lipinski definition) is 1. The standard InChI is InChI=1S/C20H27N3O2S/c1-15-4-7-17(8-5-15)21-20-11-6-16-14-18(9-10-19(16)22-20)26(24,25)23-12-2-3-13-23/h6,9-11,14-15,17H,2-5,7-8,12-13H2,1H3,(H,21,22). The van der Waals surface area contributed by atoms with Crippen LogP contribution < -0.4 is 5.32 Å². The summed E-state index contributed by atoms with van der Waals surface area (Å²) in [6.45, 7) is 3.57. The molecule has 1 N–H and O–H groups in total. The monoisotopic (exact) mass is 373 g/mol. The molecule has 2 aromatic rings. The largest absolute Gasteiger partial charge is 0.367 e. The van der Waals surface area contributed by atoms with E-state index >= 15 is 0 Å². The van der Waals surface area contributed by atoms with E-state index in [9.17, 15) is 8.42 Å². The Morgan fingerprint density at radius 1 is 1.04 bits per heavy atom. The second kappa shape index (κ2) is 7.16. The summed E-state index contributed by atoms with van der Waals surface area (Å²) in [5.74, 6) is 1.71. The Bertz CT molecular complexity index is 883. The third-order valence-electron chi connectivity index (χ3n) is 5.73.